The van der Waals surface area contributed by atoms with Crippen molar-refractivity contribution in [3.05, 3.63) is 46.8 Å². The molecule has 0 radical (unpaired) electrons. The number of thioether (sulfide) groups is 1. The first-order valence-corrected chi connectivity index (χ1v) is 9.96. The van der Waals surface area contributed by atoms with E-state index in [1.807, 2.05) is 32.0 Å². The Kier molecular flexibility index (Phi) is 6.11. The van der Waals surface area contributed by atoms with Crippen molar-refractivity contribution in [1.29, 1.82) is 0 Å². The summed E-state index contributed by atoms with van der Waals surface area (Å²) >= 11 is 1.20. The molecule has 1 N–H and O–H groups in total. The molecule has 0 saturated heterocycles. The van der Waals surface area contributed by atoms with Crippen LogP contribution in [-0.2, 0) is 27.2 Å². The maximum atomic E-state index is 12.3. The highest BCUT2D eigenvalue weighted by Crippen LogP contribution is 2.25. The third-order valence-corrected chi connectivity index (χ3v) is 5.15. The first-order chi connectivity index (χ1) is 12.9. The van der Waals surface area contributed by atoms with E-state index in [1.54, 1.807) is 6.92 Å². The van der Waals surface area contributed by atoms with Crippen LogP contribution >= 0.6 is 11.8 Å². The number of aromatic nitrogens is 2. The maximum absolute atomic E-state index is 12.3. The number of carbonyl (C=O) groups is 2. The van der Waals surface area contributed by atoms with Crippen LogP contribution in [0, 0.1) is 13.8 Å². The summed E-state index contributed by atoms with van der Waals surface area (Å²) in [4.78, 5) is 32.9. The molecule has 7 heteroatoms. The Bertz CT molecular complexity index is 849. The molecular formula is C20H23N3O3S. The van der Waals surface area contributed by atoms with Gasteiger partial charge in [-0.2, -0.15) is 0 Å². The van der Waals surface area contributed by atoms with Gasteiger partial charge in [0, 0.05) is 17.1 Å². The highest BCUT2D eigenvalue weighted by Gasteiger charge is 2.19. The molecule has 1 atom stereocenters. The number of anilines is 1. The number of esters is 1. The van der Waals surface area contributed by atoms with Crippen LogP contribution in [0.3, 0.4) is 0 Å². The van der Waals surface area contributed by atoms with Crippen LogP contribution in [0.1, 0.15) is 35.9 Å². The SMILES string of the molecule is Cc1cc(C)nc(SCC(=O)O[C@@H](C)C(=O)Nc2ccc3c(c2)CCC3)n1. The average molecular weight is 385 g/mol. The fourth-order valence-corrected chi connectivity index (χ4v) is 3.79. The van der Waals surface area contributed by atoms with Gasteiger partial charge in [0.05, 0.1) is 5.75 Å². The molecule has 142 valence electrons. The van der Waals surface area contributed by atoms with E-state index in [0.29, 0.717) is 5.16 Å². The monoisotopic (exact) mass is 385 g/mol. The van der Waals surface area contributed by atoms with Crippen molar-refractivity contribution >= 4 is 29.3 Å². The molecule has 0 aliphatic heterocycles. The lowest BCUT2D eigenvalue weighted by Crippen LogP contribution is -2.30. The van der Waals surface area contributed by atoms with Gasteiger partial charge in [0.15, 0.2) is 11.3 Å². The molecule has 0 fully saturated rings. The molecule has 2 aromatic rings. The number of carbonyl (C=O) groups excluding carboxylic acids is 2. The molecule has 1 amide bonds. The van der Waals surface area contributed by atoms with E-state index < -0.39 is 12.1 Å². The van der Waals surface area contributed by atoms with E-state index in [9.17, 15) is 9.59 Å². The zero-order valence-corrected chi connectivity index (χ0v) is 16.6. The maximum Gasteiger partial charge on any atom is 0.317 e. The lowest BCUT2D eigenvalue weighted by atomic mass is 10.1. The Morgan fingerprint density at radius 3 is 2.59 bits per heavy atom. The van der Waals surface area contributed by atoms with Crippen molar-refractivity contribution in [2.45, 2.75) is 51.3 Å². The number of fused-ring (bicyclic) bond motifs is 1. The number of aryl methyl sites for hydroxylation is 4. The smallest absolute Gasteiger partial charge is 0.317 e. The number of nitrogens with one attached hydrogen (secondary N) is 1. The van der Waals surface area contributed by atoms with Crippen molar-refractivity contribution in [2.24, 2.45) is 0 Å². The lowest BCUT2D eigenvalue weighted by molar-refractivity contribution is -0.150. The Balaban J connectivity index is 1.49. The summed E-state index contributed by atoms with van der Waals surface area (Å²) in [6, 6.07) is 7.81. The minimum absolute atomic E-state index is 0.0549. The third kappa shape index (κ3) is 5.29. The molecule has 1 aromatic heterocycles. The van der Waals surface area contributed by atoms with Gasteiger partial charge in [0.2, 0.25) is 0 Å². The second-order valence-electron chi connectivity index (χ2n) is 6.68. The molecule has 1 aromatic carbocycles. The summed E-state index contributed by atoms with van der Waals surface area (Å²) in [6.07, 6.45) is 2.43. The minimum atomic E-state index is -0.869. The predicted molar refractivity (Wildman–Crippen MR) is 105 cm³/mol. The highest BCUT2D eigenvalue weighted by atomic mass is 32.2. The van der Waals surface area contributed by atoms with Crippen LogP contribution in [0.2, 0.25) is 0 Å². The fraction of sp³-hybridized carbons (Fsp3) is 0.400. The number of benzene rings is 1. The fourth-order valence-electron chi connectivity index (χ4n) is 3.06. The summed E-state index contributed by atoms with van der Waals surface area (Å²) in [5, 5.41) is 3.35. The van der Waals surface area contributed by atoms with Crippen LogP contribution in [0.5, 0.6) is 0 Å². The topological polar surface area (TPSA) is 81.2 Å². The molecule has 1 heterocycles. The average Bonchev–Trinajstić information content (AvgIpc) is 3.07. The predicted octanol–water partition coefficient (Wildman–Crippen LogP) is 3.24. The molecule has 6 nitrogen and oxygen atoms in total. The van der Waals surface area contributed by atoms with Crippen LogP contribution in [0.4, 0.5) is 5.69 Å². The van der Waals surface area contributed by atoms with Gasteiger partial charge in [-0.1, -0.05) is 17.8 Å². The first-order valence-electron chi connectivity index (χ1n) is 8.98. The quantitative estimate of drug-likeness (QED) is 0.467. The zero-order chi connectivity index (χ0) is 19.4. The van der Waals surface area contributed by atoms with E-state index >= 15 is 0 Å². The van der Waals surface area contributed by atoms with E-state index in [0.717, 1.165) is 36.3 Å². The van der Waals surface area contributed by atoms with Gasteiger partial charge >= 0.3 is 5.97 Å². The summed E-state index contributed by atoms with van der Waals surface area (Å²) in [7, 11) is 0. The van der Waals surface area contributed by atoms with Gasteiger partial charge in [-0.05, 0) is 69.4 Å². The molecule has 3 rings (SSSR count). The van der Waals surface area contributed by atoms with Crippen molar-refractivity contribution < 1.29 is 14.3 Å². The minimum Gasteiger partial charge on any atom is -0.452 e. The van der Waals surface area contributed by atoms with E-state index in [4.69, 9.17) is 4.74 Å². The Morgan fingerprint density at radius 2 is 1.85 bits per heavy atom. The van der Waals surface area contributed by atoms with Crippen LogP contribution in [0.15, 0.2) is 29.4 Å². The number of ether oxygens (including phenoxy) is 1. The number of amides is 1. The number of nitrogens with zero attached hydrogens (tertiary/aromatic N) is 2. The molecule has 0 bridgehead atoms. The Labute approximate surface area is 163 Å². The van der Waals surface area contributed by atoms with Gasteiger partial charge in [-0.3, -0.25) is 9.59 Å². The van der Waals surface area contributed by atoms with Crippen LogP contribution in [0.25, 0.3) is 0 Å². The van der Waals surface area contributed by atoms with E-state index in [-0.39, 0.29) is 11.7 Å². The molecule has 1 aliphatic carbocycles. The van der Waals surface area contributed by atoms with Gasteiger partial charge < -0.3 is 10.1 Å². The normalized spacial score (nSPS) is 13.7. The molecular weight excluding hydrogens is 362 g/mol. The standard InChI is InChI=1S/C20H23N3O3S/c1-12-9-13(2)22-20(21-12)27-11-18(24)26-14(3)19(25)23-17-8-7-15-5-4-6-16(15)10-17/h7-10,14H,4-6,11H2,1-3H3,(H,23,25)/t14-/m0/s1. The zero-order valence-electron chi connectivity index (χ0n) is 15.7. The number of rotatable bonds is 6. The molecule has 27 heavy (non-hydrogen) atoms. The third-order valence-electron chi connectivity index (χ3n) is 4.32. The molecule has 0 spiro atoms. The van der Waals surface area contributed by atoms with Gasteiger partial charge in [0.25, 0.3) is 5.91 Å². The first kappa shape index (κ1) is 19.4. The van der Waals surface area contributed by atoms with Gasteiger partial charge in [0.1, 0.15) is 0 Å². The summed E-state index contributed by atoms with van der Waals surface area (Å²) < 4.78 is 5.23. The second kappa shape index (κ2) is 8.52. The van der Waals surface area contributed by atoms with Crippen molar-refractivity contribution in [3.63, 3.8) is 0 Å². The summed E-state index contributed by atoms with van der Waals surface area (Å²) in [6.45, 7) is 5.32. The van der Waals surface area contributed by atoms with Crippen LogP contribution in [-0.4, -0.2) is 33.7 Å². The molecule has 0 saturated carbocycles. The number of hydrogen-bond acceptors (Lipinski definition) is 6. The largest absolute Gasteiger partial charge is 0.452 e. The van der Waals surface area contributed by atoms with Crippen molar-refractivity contribution in [2.75, 3.05) is 11.1 Å². The molecule has 1 aliphatic rings. The lowest BCUT2D eigenvalue weighted by Gasteiger charge is -2.14. The summed E-state index contributed by atoms with van der Waals surface area (Å²) in [5.41, 5.74) is 5.06. The number of hydrogen-bond donors (Lipinski definition) is 1. The van der Waals surface area contributed by atoms with Crippen molar-refractivity contribution in [1.82, 2.24) is 9.97 Å². The van der Waals surface area contributed by atoms with Crippen LogP contribution < -0.4 is 5.32 Å². The van der Waals surface area contributed by atoms with Gasteiger partial charge in [-0.25, -0.2) is 9.97 Å². The Morgan fingerprint density at radius 1 is 1.15 bits per heavy atom. The Hall–Kier alpha value is -2.41. The van der Waals surface area contributed by atoms with Gasteiger partial charge in [-0.15, -0.1) is 0 Å². The van der Waals surface area contributed by atoms with E-state index in [2.05, 4.69) is 21.4 Å². The summed E-state index contributed by atoms with van der Waals surface area (Å²) in [5.74, 6) is -0.757. The molecule has 0 unspecified atom stereocenters. The van der Waals surface area contributed by atoms with Crippen molar-refractivity contribution in [3.8, 4) is 0 Å². The highest BCUT2D eigenvalue weighted by molar-refractivity contribution is 7.99. The second-order valence-corrected chi connectivity index (χ2v) is 7.62. The van der Waals surface area contributed by atoms with E-state index in [1.165, 1.54) is 22.9 Å².